The SMILES string of the molecule is Cc1[nH]c(C)c([C@H]2[C@@H](c3ccccn3)NC(=S)N2c2ccc(Br)cc2)c1I. The van der Waals surface area contributed by atoms with Crippen molar-refractivity contribution in [3.05, 3.63) is 79.3 Å². The van der Waals surface area contributed by atoms with Crippen molar-refractivity contribution in [3.8, 4) is 0 Å². The third-order valence-electron chi connectivity index (χ3n) is 4.84. The van der Waals surface area contributed by atoms with E-state index in [1.165, 1.54) is 14.8 Å². The lowest BCUT2D eigenvalue weighted by molar-refractivity contribution is 0.564. The van der Waals surface area contributed by atoms with E-state index >= 15 is 0 Å². The summed E-state index contributed by atoms with van der Waals surface area (Å²) in [7, 11) is 0. The molecule has 27 heavy (non-hydrogen) atoms. The molecule has 4 nitrogen and oxygen atoms in total. The van der Waals surface area contributed by atoms with Crippen LogP contribution in [-0.2, 0) is 0 Å². The number of nitrogens with one attached hydrogen (secondary N) is 2. The predicted octanol–water partition coefficient (Wildman–Crippen LogP) is 5.57. The summed E-state index contributed by atoms with van der Waals surface area (Å²) < 4.78 is 2.29. The molecule has 0 aliphatic carbocycles. The normalized spacial score (nSPS) is 19.4. The zero-order valence-electron chi connectivity index (χ0n) is 14.8. The van der Waals surface area contributed by atoms with E-state index in [4.69, 9.17) is 12.2 Å². The second kappa shape index (κ2) is 7.52. The highest BCUT2D eigenvalue weighted by Crippen LogP contribution is 2.44. The summed E-state index contributed by atoms with van der Waals surface area (Å²) >= 11 is 11.7. The van der Waals surface area contributed by atoms with Crippen LogP contribution < -0.4 is 10.2 Å². The van der Waals surface area contributed by atoms with Crippen LogP contribution in [-0.4, -0.2) is 15.1 Å². The fourth-order valence-corrected chi connectivity index (χ4v) is 5.12. The van der Waals surface area contributed by atoms with Crippen LogP contribution in [0.4, 0.5) is 5.69 Å². The van der Waals surface area contributed by atoms with Crippen LogP contribution in [0.2, 0.25) is 0 Å². The molecule has 2 atom stereocenters. The van der Waals surface area contributed by atoms with Gasteiger partial charge in [0.1, 0.15) is 0 Å². The molecule has 3 aromatic rings. The molecular formula is C20H18BrIN4S. The van der Waals surface area contributed by atoms with Crippen molar-refractivity contribution >= 4 is 61.5 Å². The predicted molar refractivity (Wildman–Crippen MR) is 125 cm³/mol. The summed E-state index contributed by atoms with van der Waals surface area (Å²) in [5.41, 5.74) is 5.65. The highest BCUT2D eigenvalue weighted by Gasteiger charge is 2.42. The molecule has 1 aromatic carbocycles. The third-order valence-corrected chi connectivity index (χ3v) is 7.08. The lowest BCUT2D eigenvalue weighted by atomic mass is 9.96. The number of aromatic nitrogens is 2. The number of anilines is 1. The monoisotopic (exact) mass is 552 g/mol. The summed E-state index contributed by atoms with van der Waals surface area (Å²) in [6.07, 6.45) is 1.83. The molecule has 7 heteroatoms. The number of aryl methyl sites for hydroxylation is 2. The van der Waals surface area contributed by atoms with Gasteiger partial charge in [-0.15, -0.1) is 0 Å². The summed E-state index contributed by atoms with van der Waals surface area (Å²) in [5.74, 6) is 0. The maximum Gasteiger partial charge on any atom is 0.174 e. The van der Waals surface area contributed by atoms with Gasteiger partial charge in [0.25, 0.3) is 0 Å². The Balaban J connectivity index is 1.89. The number of hydrogen-bond acceptors (Lipinski definition) is 2. The Bertz CT molecular complexity index is 987. The maximum absolute atomic E-state index is 5.77. The number of thiocarbonyl (C=S) groups is 1. The minimum absolute atomic E-state index is 0.0189. The van der Waals surface area contributed by atoms with Crippen LogP contribution in [0, 0.1) is 17.4 Å². The fraction of sp³-hybridized carbons (Fsp3) is 0.200. The number of nitrogens with zero attached hydrogens (tertiary/aromatic N) is 2. The van der Waals surface area contributed by atoms with Crippen molar-refractivity contribution < 1.29 is 0 Å². The highest BCUT2D eigenvalue weighted by atomic mass is 127. The number of benzene rings is 1. The number of hydrogen-bond donors (Lipinski definition) is 2. The molecule has 4 rings (SSSR count). The summed E-state index contributed by atoms with van der Waals surface area (Å²) in [6, 6.07) is 14.3. The van der Waals surface area contributed by atoms with Crippen LogP contribution in [0.25, 0.3) is 0 Å². The Kier molecular flexibility index (Phi) is 5.26. The first-order valence-corrected chi connectivity index (χ1v) is 10.9. The van der Waals surface area contributed by atoms with E-state index in [0.717, 1.165) is 21.5 Å². The standard InChI is InChI=1S/C20H18BrIN4S/c1-11-16(17(22)12(2)24-11)19-18(15-5-3-4-10-23-15)25-20(27)26(19)14-8-6-13(21)7-9-14/h3-10,18-19,24H,1-2H3,(H,25,27)/t18-,19+/m1/s1. The average molecular weight is 553 g/mol. The third kappa shape index (κ3) is 3.40. The van der Waals surface area contributed by atoms with E-state index in [9.17, 15) is 0 Å². The number of H-pyrrole nitrogens is 1. The van der Waals surface area contributed by atoms with Crippen molar-refractivity contribution in [3.63, 3.8) is 0 Å². The Labute approximate surface area is 186 Å². The van der Waals surface area contributed by atoms with Crippen LogP contribution in [0.15, 0.2) is 53.1 Å². The zero-order valence-corrected chi connectivity index (χ0v) is 19.4. The van der Waals surface area contributed by atoms with Crippen LogP contribution in [0.5, 0.6) is 0 Å². The molecule has 3 heterocycles. The van der Waals surface area contributed by atoms with Crippen molar-refractivity contribution in [2.75, 3.05) is 4.90 Å². The second-order valence-electron chi connectivity index (χ2n) is 6.58. The molecule has 1 fully saturated rings. The molecule has 1 aliphatic rings. The highest BCUT2D eigenvalue weighted by molar-refractivity contribution is 14.1. The number of rotatable bonds is 3. The molecule has 0 saturated carbocycles. The molecule has 1 aliphatic heterocycles. The molecule has 138 valence electrons. The second-order valence-corrected chi connectivity index (χ2v) is 8.96. The van der Waals surface area contributed by atoms with E-state index in [0.29, 0.717) is 5.11 Å². The van der Waals surface area contributed by atoms with Crippen LogP contribution >= 0.6 is 50.7 Å². The minimum atomic E-state index is -0.0234. The van der Waals surface area contributed by atoms with Gasteiger partial charge in [0.15, 0.2) is 5.11 Å². The van der Waals surface area contributed by atoms with Gasteiger partial charge in [-0.05, 0) is 85.1 Å². The number of halogens is 2. The number of aromatic amines is 1. The summed E-state index contributed by atoms with van der Waals surface area (Å²) in [5, 5.41) is 4.23. The molecule has 1 saturated heterocycles. The van der Waals surface area contributed by atoms with Gasteiger partial charge in [-0.25, -0.2) is 0 Å². The van der Waals surface area contributed by atoms with Crippen LogP contribution in [0.1, 0.15) is 34.7 Å². The van der Waals surface area contributed by atoms with Gasteiger partial charge < -0.3 is 15.2 Å². The lowest BCUT2D eigenvalue weighted by Crippen LogP contribution is -2.29. The molecule has 0 unspecified atom stereocenters. The smallest absolute Gasteiger partial charge is 0.174 e. The maximum atomic E-state index is 5.77. The van der Waals surface area contributed by atoms with Crippen LogP contribution in [0.3, 0.4) is 0 Å². The van der Waals surface area contributed by atoms with Crippen molar-refractivity contribution in [2.45, 2.75) is 25.9 Å². The molecule has 0 radical (unpaired) electrons. The fourth-order valence-electron chi connectivity index (χ4n) is 3.65. The lowest BCUT2D eigenvalue weighted by Gasteiger charge is -2.28. The van der Waals surface area contributed by atoms with Gasteiger partial charge in [0.05, 0.1) is 17.8 Å². The summed E-state index contributed by atoms with van der Waals surface area (Å²) in [4.78, 5) is 10.3. The molecule has 2 aromatic heterocycles. The summed E-state index contributed by atoms with van der Waals surface area (Å²) in [6.45, 7) is 4.24. The Hall–Kier alpha value is -1.45. The number of pyridine rings is 1. The van der Waals surface area contributed by atoms with E-state index in [1.54, 1.807) is 0 Å². The quantitative estimate of drug-likeness (QED) is 0.329. The van der Waals surface area contributed by atoms with E-state index < -0.39 is 0 Å². The first-order valence-electron chi connectivity index (χ1n) is 8.58. The first kappa shape index (κ1) is 18.9. The minimum Gasteiger partial charge on any atom is -0.362 e. The molecule has 0 amide bonds. The Morgan fingerprint density at radius 3 is 2.44 bits per heavy atom. The van der Waals surface area contributed by atoms with Crippen molar-refractivity contribution in [1.29, 1.82) is 0 Å². The average Bonchev–Trinajstić information content (AvgIpc) is 3.12. The van der Waals surface area contributed by atoms with Gasteiger partial charge >= 0.3 is 0 Å². The molecule has 2 N–H and O–H groups in total. The van der Waals surface area contributed by atoms with Gasteiger partial charge in [0.2, 0.25) is 0 Å². The molecular weight excluding hydrogens is 535 g/mol. The van der Waals surface area contributed by atoms with Gasteiger partial charge in [-0.2, -0.15) is 0 Å². The Morgan fingerprint density at radius 1 is 1.11 bits per heavy atom. The largest absolute Gasteiger partial charge is 0.362 e. The van der Waals surface area contributed by atoms with Crippen molar-refractivity contribution in [2.24, 2.45) is 0 Å². The van der Waals surface area contributed by atoms with E-state index in [-0.39, 0.29) is 12.1 Å². The topological polar surface area (TPSA) is 44.0 Å². The first-order chi connectivity index (χ1) is 13.0. The molecule has 0 spiro atoms. The van der Waals surface area contributed by atoms with E-state index in [1.807, 2.05) is 30.5 Å². The Morgan fingerprint density at radius 2 is 1.85 bits per heavy atom. The van der Waals surface area contributed by atoms with Gasteiger partial charge in [-0.1, -0.05) is 22.0 Å². The van der Waals surface area contributed by atoms with Crippen molar-refractivity contribution in [1.82, 2.24) is 15.3 Å². The van der Waals surface area contributed by atoms with Gasteiger partial charge in [0, 0.05) is 36.9 Å². The zero-order chi connectivity index (χ0) is 19.1. The van der Waals surface area contributed by atoms with E-state index in [2.05, 4.69) is 90.8 Å². The van der Waals surface area contributed by atoms with Gasteiger partial charge in [-0.3, -0.25) is 4.98 Å². The molecule has 0 bridgehead atoms.